The van der Waals surface area contributed by atoms with Gasteiger partial charge in [0.05, 0.1) is 10.0 Å². The highest BCUT2D eigenvalue weighted by Gasteiger charge is 2.23. The van der Waals surface area contributed by atoms with Crippen LogP contribution in [0.2, 0.25) is 10.0 Å². The van der Waals surface area contributed by atoms with Crippen LogP contribution in [0.15, 0.2) is 18.2 Å². The number of rotatable bonds is 2. The number of hydrogen-bond acceptors (Lipinski definition) is 2. The van der Waals surface area contributed by atoms with E-state index in [-0.39, 0.29) is 0 Å². The van der Waals surface area contributed by atoms with Gasteiger partial charge in [0.1, 0.15) is 0 Å². The molecule has 0 aromatic heterocycles. The average molecular weight is 259 g/mol. The SMILES string of the molecule is CN1CC[C@H](N(C)c2ccc(Cl)c(Cl)c2)C1. The molecule has 2 nitrogen and oxygen atoms in total. The zero-order valence-electron chi connectivity index (χ0n) is 9.58. The third kappa shape index (κ3) is 2.45. The summed E-state index contributed by atoms with van der Waals surface area (Å²) in [6.07, 6.45) is 1.20. The minimum absolute atomic E-state index is 0.572. The molecule has 0 N–H and O–H groups in total. The van der Waals surface area contributed by atoms with Crippen molar-refractivity contribution in [3.63, 3.8) is 0 Å². The minimum atomic E-state index is 0.572. The number of nitrogens with zero attached hydrogens (tertiary/aromatic N) is 2. The summed E-state index contributed by atoms with van der Waals surface area (Å²) in [5, 5.41) is 1.24. The zero-order valence-corrected chi connectivity index (χ0v) is 11.1. The summed E-state index contributed by atoms with van der Waals surface area (Å²) in [6.45, 7) is 2.27. The maximum Gasteiger partial charge on any atom is 0.0612 e. The summed E-state index contributed by atoms with van der Waals surface area (Å²) in [4.78, 5) is 4.63. The lowest BCUT2D eigenvalue weighted by atomic mass is 10.2. The van der Waals surface area contributed by atoms with Crippen LogP contribution >= 0.6 is 23.2 Å². The summed E-state index contributed by atoms with van der Waals surface area (Å²) < 4.78 is 0. The highest BCUT2D eigenvalue weighted by Crippen LogP contribution is 2.28. The highest BCUT2D eigenvalue weighted by molar-refractivity contribution is 6.42. The second-order valence-electron chi connectivity index (χ2n) is 4.41. The number of benzene rings is 1. The number of likely N-dealkylation sites (N-methyl/N-ethyl adjacent to an activating group) is 2. The largest absolute Gasteiger partial charge is 0.370 e. The fourth-order valence-electron chi connectivity index (χ4n) is 2.14. The smallest absolute Gasteiger partial charge is 0.0612 e. The first kappa shape index (κ1) is 12.0. The van der Waals surface area contributed by atoms with E-state index in [0.29, 0.717) is 16.1 Å². The van der Waals surface area contributed by atoms with E-state index >= 15 is 0 Å². The maximum atomic E-state index is 6.02. The third-order valence-electron chi connectivity index (χ3n) is 3.22. The first-order valence-electron chi connectivity index (χ1n) is 5.44. The van der Waals surface area contributed by atoms with Crippen LogP contribution in [0.3, 0.4) is 0 Å². The molecule has 2 rings (SSSR count). The molecular formula is C12H16Cl2N2. The van der Waals surface area contributed by atoms with Crippen LogP contribution in [0.1, 0.15) is 6.42 Å². The second kappa shape index (κ2) is 4.82. The molecule has 1 aliphatic heterocycles. The molecule has 1 atom stereocenters. The van der Waals surface area contributed by atoms with Gasteiger partial charge in [-0.15, -0.1) is 0 Å². The van der Waals surface area contributed by atoms with Crippen LogP contribution < -0.4 is 4.90 Å². The Balaban J connectivity index is 2.14. The van der Waals surface area contributed by atoms with E-state index in [9.17, 15) is 0 Å². The lowest BCUT2D eigenvalue weighted by Gasteiger charge is -2.26. The van der Waals surface area contributed by atoms with Gasteiger partial charge in [0, 0.05) is 25.3 Å². The Hall–Kier alpha value is -0.440. The highest BCUT2D eigenvalue weighted by atomic mass is 35.5. The molecule has 16 heavy (non-hydrogen) atoms. The van der Waals surface area contributed by atoms with Crippen LogP contribution in [-0.2, 0) is 0 Å². The third-order valence-corrected chi connectivity index (χ3v) is 3.96. The first-order valence-corrected chi connectivity index (χ1v) is 6.20. The fourth-order valence-corrected chi connectivity index (χ4v) is 2.44. The van der Waals surface area contributed by atoms with E-state index in [4.69, 9.17) is 23.2 Å². The molecule has 0 aliphatic carbocycles. The van der Waals surface area contributed by atoms with Crippen molar-refractivity contribution in [1.82, 2.24) is 4.90 Å². The molecule has 88 valence electrons. The Labute approximate surface area is 107 Å². The molecule has 1 aromatic rings. The second-order valence-corrected chi connectivity index (χ2v) is 5.23. The van der Waals surface area contributed by atoms with Crippen molar-refractivity contribution in [3.05, 3.63) is 28.2 Å². The molecule has 0 amide bonds. The van der Waals surface area contributed by atoms with Gasteiger partial charge in [0.15, 0.2) is 0 Å². The average Bonchev–Trinajstić information content (AvgIpc) is 2.68. The summed E-state index contributed by atoms with van der Waals surface area (Å²) in [5.74, 6) is 0. The zero-order chi connectivity index (χ0) is 11.7. The predicted molar refractivity (Wildman–Crippen MR) is 70.8 cm³/mol. The van der Waals surface area contributed by atoms with Crippen LogP contribution in [0.5, 0.6) is 0 Å². The topological polar surface area (TPSA) is 6.48 Å². The number of hydrogen-bond donors (Lipinski definition) is 0. The monoisotopic (exact) mass is 258 g/mol. The Morgan fingerprint density at radius 1 is 1.31 bits per heavy atom. The van der Waals surface area contributed by atoms with E-state index < -0.39 is 0 Å². The standard InChI is InChI=1S/C12H16Cl2N2/c1-15-6-5-10(8-15)16(2)9-3-4-11(13)12(14)7-9/h3-4,7,10H,5-6,8H2,1-2H3/t10-/m0/s1. The predicted octanol–water partition coefficient (Wildman–Crippen LogP) is 3.13. The van der Waals surface area contributed by atoms with Gasteiger partial charge in [-0.1, -0.05) is 23.2 Å². The van der Waals surface area contributed by atoms with Gasteiger partial charge in [-0.2, -0.15) is 0 Å². The number of halogens is 2. The van der Waals surface area contributed by atoms with Crippen molar-refractivity contribution in [3.8, 4) is 0 Å². The summed E-state index contributed by atoms with van der Waals surface area (Å²) >= 11 is 11.9. The fraction of sp³-hybridized carbons (Fsp3) is 0.500. The molecule has 0 unspecified atom stereocenters. The van der Waals surface area contributed by atoms with Gasteiger partial charge in [-0.25, -0.2) is 0 Å². The molecular weight excluding hydrogens is 243 g/mol. The van der Waals surface area contributed by atoms with Gasteiger partial charge in [0.25, 0.3) is 0 Å². The maximum absolute atomic E-state index is 6.02. The van der Waals surface area contributed by atoms with Crippen molar-refractivity contribution in [2.45, 2.75) is 12.5 Å². The van der Waals surface area contributed by atoms with Crippen molar-refractivity contribution in [2.24, 2.45) is 0 Å². The normalized spacial score (nSPS) is 21.4. The van der Waals surface area contributed by atoms with E-state index in [1.165, 1.54) is 6.42 Å². The molecule has 0 radical (unpaired) electrons. The molecule has 1 aliphatic rings. The molecule has 0 spiro atoms. The number of likely N-dealkylation sites (tertiary alicyclic amines) is 1. The lowest BCUT2D eigenvalue weighted by Crippen LogP contribution is -2.33. The molecule has 1 heterocycles. The molecule has 1 saturated heterocycles. The van der Waals surface area contributed by atoms with E-state index in [0.717, 1.165) is 18.8 Å². The van der Waals surface area contributed by atoms with Crippen molar-refractivity contribution in [2.75, 3.05) is 32.1 Å². The molecule has 1 aromatic carbocycles. The first-order chi connectivity index (χ1) is 7.58. The summed E-state index contributed by atoms with van der Waals surface area (Å²) in [6, 6.07) is 6.38. The van der Waals surface area contributed by atoms with Gasteiger partial charge in [-0.05, 0) is 38.2 Å². The van der Waals surface area contributed by atoms with Crippen LogP contribution in [0.25, 0.3) is 0 Å². The number of anilines is 1. The molecule has 0 saturated carbocycles. The minimum Gasteiger partial charge on any atom is -0.370 e. The van der Waals surface area contributed by atoms with Gasteiger partial charge >= 0.3 is 0 Å². The molecule has 1 fully saturated rings. The van der Waals surface area contributed by atoms with Gasteiger partial charge in [-0.3, -0.25) is 0 Å². The Kier molecular flexibility index (Phi) is 3.63. The van der Waals surface area contributed by atoms with Crippen molar-refractivity contribution < 1.29 is 0 Å². The van der Waals surface area contributed by atoms with Crippen molar-refractivity contribution in [1.29, 1.82) is 0 Å². The Bertz CT molecular complexity index is 381. The van der Waals surface area contributed by atoms with E-state index in [1.807, 2.05) is 18.2 Å². The van der Waals surface area contributed by atoms with Crippen LogP contribution in [0.4, 0.5) is 5.69 Å². The van der Waals surface area contributed by atoms with Crippen molar-refractivity contribution >= 4 is 28.9 Å². The lowest BCUT2D eigenvalue weighted by molar-refractivity contribution is 0.409. The summed E-state index contributed by atoms with van der Waals surface area (Å²) in [5.41, 5.74) is 1.13. The quantitative estimate of drug-likeness (QED) is 0.805. The molecule has 4 heteroatoms. The van der Waals surface area contributed by atoms with Crippen LogP contribution in [-0.4, -0.2) is 38.1 Å². The summed E-state index contributed by atoms with van der Waals surface area (Å²) in [7, 11) is 4.27. The van der Waals surface area contributed by atoms with E-state index in [1.54, 1.807) is 0 Å². The Morgan fingerprint density at radius 2 is 2.06 bits per heavy atom. The van der Waals surface area contributed by atoms with Gasteiger partial charge < -0.3 is 9.80 Å². The van der Waals surface area contributed by atoms with Gasteiger partial charge in [0.2, 0.25) is 0 Å². The van der Waals surface area contributed by atoms with E-state index in [2.05, 4.69) is 23.9 Å². The molecule has 0 bridgehead atoms. The van der Waals surface area contributed by atoms with Crippen LogP contribution in [0, 0.1) is 0 Å². The Morgan fingerprint density at radius 3 is 2.62 bits per heavy atom.